The molecular formula is C24H32N6O3Si. The van der Waals surface area contributed by atoms with Crippen molar-refractivity contribution in [1.29, 1.82) is 0 Å². The predicted octanol–water partition coefficient (Wildman–Crippen LogP) is 5.63. The molecular weight excluding hydrogens is 448 g/mol. The van der Waals surface area contributed by atoms with Crippen molar-refractivity contribution in [2.45, 2.75) is 52.0 Å². The highest BCUT2D eigenvalue weighted by Crippen LogP contribution is 2.22. The van der Waals surface area contributed by atoms with Gasteiger partial charge in [-0.25, -0.2) is 9.78 Å². The monoisotopic (exact) mass is 480 g/mol. The molecule has 0 saturated heterocycles. The van der Waals surface area contributed by atoms with E-state index in [0.29, 0.717) is 32.1 Å². The van der Waals surface area contributed by atoms with Crippen molar-refractivity contribution in [3.8, 4) is 0 Å². The molecule has 0 spiro atoms. The Kier molecular flexibility index (Phi) is 9.09. The van der Waals surface area contributed by atoms with Crippen molar-refractivity contribution in [3.05, 3.63) is 75.9 Å². The molecule has 0 aliphatic rings. The van der Waals surface area contributed by atoms with Gasteiger partial charge in [-0.2, -0.15) is 0 Å². The van der Waals surface area contributed by atoms with Gasteiger partial charge in [0.25, 0.3) is 0 Å². The summed E-state index contributed by atoms with van der Waals surface area (Å²) in [5.41, 5.74) is 12.3. The minimum atomic E-state index is -1.22. The van der Waals surface area contributed by atoms with E-state index in [9.17, 15) is 4.79 Å². The van der Waals surface area contributed by atoms with Crippen LogP contribution in [0.3, 0.4) is 0 Å². The first-order valence-corrected chi connectivity index (χ1v) is 15.1. The molecule has 9 nitrogen and oxygen atoms in total. The van der Waals surface area contributed by atoms with Crippen LogP contribution in [-0.2, 0) is 35.8 Å². The van der Waals surface area contributed by atoms with Crippen LogP contribution in [0.2, 0.25) is 25.7 Å². The molecule has 1 aromatic heterocycles. The maximum atomic E-state index is 12.3. The number of nitrogens with zero attached hydrogens (tertiary/aromatic N) is 5. The third-order valence-corrected chi connectivity index (χ3v) is 7.00. The van der Waals surface area contributed by atoms with Crippen molar-refractivity contribution in [2.24, 2.45) is 5.11 Å². The Balaban J connectivity index is 1.74. The predicted molar refractivity (Wildman–Crippen MR) is 135 cm³/mol. The number of imidazole rings is 1. The topological polar surface area (TPSA) is 114 Å². The Morgan fingerprint density at radius 1 is 1.18 bits per heavy atom. The van der Waals surface area contributed by atoms with Crippen LogP contribution in [0.4, 0.5) is 4.79 Å². The van der Waals surface area contributed by atoms with E-state index in [1.165, 1.54) is 0 Å². The first-order chi connectivity index (χ1) is 16.4. The molecule has 1 amide bonds. The number of aromatic nitrogens is 2. The first-order valence-electron chi connectivity index (χ1n) is 11.4. The third-order valence-electron chi connectivity index (χ3n) is 5.29. The van der Waals surface area contributed by atoms with Crippen molar-refractivity contribution < 1.29 is 14.3 Å². The number of hydrogen-bond acceptors (Lipinski definition) is 5. The number of carbonyl (C=O) groups excluding carboxylic acids is 1. The molecule has 0 fully saturated rings. The summed E-state index contributed by atoms with van der Waals surface area (Å²) in [6, 6.07) is 16.5. The quantitative estimate of drug-likeness (QED) is 0.119. The molecule has 1 N–H and O–H groups in total. The van der Waals surface area contributed by atoms with Gasteiger partial charge in [-0.1, -0.05) is 67.2 Å². The summed E-state index contributed by atoms with van der Waals surface area (Å²) in [6.07, 6.45) is 0.0826. The van der Waals surface area contributed by atoms with Crippen LogP contribution in [-0.4, -0.2) is 36.9 Å². The van der Waals surface area contributed by atoms with E-state index in [2.05, 4.69) is 35.0 Å². The van der Waals surface area contributed by atoms with Gasteiger partial charge in [-0.3, -0.25) is 0 Å². The van der Waals surface area contributed by atoms with Crippen LogP contribution in [0.5, 0.6) is 0 Å². The van der Waals surface area contributed by atoms with Gasteiger partial charge in [0.15, 0.2) is 0 Å². The van der Waals surface area contributed by atoms with Crippen LogP contribution in [0, 0.1) is 0 Å². The highest BCUT2D eigenvalue weighted by molar-refractivity contribution is 6.76. The van der Waals surface area contributed by atoms with Gasteiger partial charge < -0.3 is 19.4 Å². The summed E-state index contributed by atoms with van der Waals surface area (Å²) in [5, 5.41) is 6.47. The molecule has 180 valence electrons. The van der Waals surface area contributed by atoms with Crippen LogP contribution in [0.1, 0.15) is 17.0 Å². The summed E-state index contributed by atoms with van der Waals surface area (Å²) >= 11 is 0. The lowest BCUT2D eigenvalue weighted by Crippen LogP contribution is -2.26. The fourth-order valence-corrected chi connectivity index (χ4v) is 4.22. The molecule has 0 atom stereocenters. The Labute approximate surface area is 200 Å². The number of para-hydroxylation sites is 1. The minimum Gasteiger partial charge on any atom is -0.445 e. The SMILES string of the molecule is C[Si](C)(C)CCOCn1c(CNC(=O)OCc2ccccc2)nc2cccc(CCN=[N+]=[N-])c21. The minimum absolute atomic E-state index is 0.201. The Morgan fingerprint density at radius 2 is 1.97 bits per heavy atom. The summed E-state index contributed by atoms with van der Waals surface area (Å²) in [6.45, 7) is 8.70. The van der Waals surface area contributed by atoms with E-state index in [1.54, 1.807) is 0 Å². The van der Waals surface area contributed by atoms with Gasteiger partial charge in [0.1, 0.15) is 19.2 Å². The van der Waals surface area contributed by atoms with Crippen LogP contribution < -0.4 is 5.32 Å². The normalized spacial score (nSPS) is 11.3. The van der Waals surface area contributed by atoms with E-state index >= 15 is 0 Å². The Bertz CT molecular complexity index is 1140. The lowest BCUT2D eigenvalue weighted by Gasteiger charge is -2.17. The molecule has 3 aromatic rings. The number of alkyl carbamates (subject to hydrolysis) is 1. The van der Waals surface area contributed by atoms with Gasteiger partial charge in [-0.15, -0.1) is 0 Å². The number of fused-ring (bicyclic) bond motifs is 1. The zero-order valence-corrected chi connectivity index (χ0v) is 21.0. The molecule has 34 heavy (non-hydrogen) atoms. The van der Waals surface area contributed by atoms with Crippen molar-refractivity contribution >= 4 is 25.2 Å². The van der Waals surface area contributed by atoms with E-state index in [0.717, 1.165) is 28.2 Å². The molecule has 1 heterocycles. The molecule has 0 radical (unpaired) electrons. The molecule has 0 aliphatic heterocycles. The average Bonchev–Trinajstić information content (AvgIpc) is 3.17. The standard InChI is InChI=1S/C24H32N6O3Si/c1-34(2,3)15-14-32-18-30-22(16-26-24(31)33-17-19-8-5-4-6-9-19)28-21-11-7-10-20(23(21)30)12-13-27-29-25/h4-11H,12-18H2,1-3H3,(H,26,31). The second-order valence-corrected chi connectivity index (χ2v) is 14.8. The smallest absolute Gasteiger partial charge is 0.407 e. The van der Waals surface area contributed by atoms with Crippen LogP contribution >= 0.6 is 0 Å². The van der Waals surface area contributed by atoms with Gasteiger partial charge in [-0.05, 0) is 35.2 Å². The van der Waals surface area contributed by atoms with Gasteiger partial charge in [0, 0.05) is 26.1 Å². The Morgan fingerprint density at radius 3 is 2.71 bits per heavy atom. The molecule has 0 saturated carbocycles. The highest BCUT2D eigenvalue weighted by atomic mass is 28.3. The second kappa shape index (κ2) is 12.2. The first kappa shape index (κ1) is 25.3. The third kappa shape index (κ3) is 7.62. The fraction of sp³-hybridized carbons (Fsp3) is 0.417. The number of amides is 1. The number of ether oxygens (including phenoxy) is 2. The summed E-state index contributed by atoms with van der Waals surface area (Å²) in [4.78, 5) is 19.9. The summed E-state index contributed by atoms with van der Waals surface area (Å²) in [7, 11) is -1.22. The van der Waals surface area contributed by atoms with E-state index in [4.69, 9.17) is 20.0 Å². The molecule has 0 unspecified atom stereocenters. The lowest BCUT2D eigenvalue weighted by molar-refractivity contribution is 0.0872. The van der Waals surface area contributed by atoms with Crippen molar-refractivity contribution in [3.63, 3.8) is 0 Å². The maximum absolute atomic E-state index is 12.3. The van der Waals surface area contributed by atoms with Crippen molar-refractivity contribution in [1.82, 2.24) is 14.9 Å². The Hall–Kier alpha value is -3.33. The number of hydrogen-bond donors (Lipinski definition) is 1. The average molecular weight is 481 g/mol. The lowest BCUT2D eigenvalue weighted by atomic mass is 10.1. The highest BCUT2D eigenvalue weighted by Gasteiger charge is 2.17. The van der Waals surface area contributed by atoms with Gasteiger partial charge >= 0.3 is 6.09 Å². The largest absolute Gasteiger partial charge is 0.445 e. The van der Waals surface area contributed by atoms with Gasteiger partial charge in [0.2, 0.25) is 0 Å². The molecule has 2 aromatic carbocycles. The summed E-state index contributed by atoms with van der Waals surface area (Å²) < 4.78 is 13.3. The fourth-order valence-electron chi connectivity index (χ4n) is 3.46. The number of benzene rings is 2. The van der Waals surface area contributed by atoms with Gasteiger partial charge in [0.05, 0.1) is 17.6 Å². The number of carbonyl (C=O) groups is 1. The number of rotatable bonds is 12. The van der Waals surface area contributed by atoms with Crippen LogP contribution in [0.15, 0.2) is 53.6 Å². The second-order valence-electron chi connectivity index (χ2n) is 9.21. The van der Waals surface area contributed by atoms with E-state index in [-0.39, 0.29) is 13.2 Å². The summed E-state index contributed by atoms with van der Waals surface area (Å²) in [5.74, 6) is 0.677. The number of azide groups is 1. The molecule has 0 bridgehead atoms. The van der Waals surface area contributed by atoms with Crippen molar-refractivity contribution in [2.75, 3.05) is 13.2 Å². The van der Waals surface area contributed by atoms with E-state index in [1.807, 2.05) is 53.1 Å². The molecule has 10 heteroatoms. The zero-order chi connectivity index (χ0) is 24.4. The molecule has 3 rings (SSSR count). The maximum Gasteiger partial charge on any atom is 0.407 e. The van der Waals surface area contributed by atoms with Crippen LogP contribution in [0.25, 0.3) is 21.5 Å². The van der Waals surface area contributed by atoms with E-state index < -0.39 is 14.2 Å². The molecule has 0 aliphatic carbocycles. The zero-order valence-electron chi connectivity index (χ0n) is 20.0. The number of nitrogens with one attached hydrogen (secondary N) is 1.